The molecule has 2 rings (SSSR count). The first-order valence-electron chi connectivity index (χ1n) is 17.4. The molecule has 6 amide bonds. The monoisotopic (exact) mass is 836 g/mol. The van der Waals surface area contributed by atoms with Gasteiger partial charge in [0.1, 0.15) is 36.3 Å². The summed E-state index contributed by atoms with van der Waals surface area (Å²) in [4.78, 5) is 139. The number of amides is 6. The first-order chi connectivity index (χ1) is 27.5. The van der Waals surface area contributed by atoms with Crippen LogP contribution in [0.25, 0.3) is 10.9 Å². The number of carboxylic acid groups (broad SMARTS) is 5. The van der Waals surface area contributed by atoms with Crippen LogP contribution in [0.1, 0.15) is 45.1 Å². The summed E-state index contributed by atoms with van der Waals surface area (Å²) in [6.07, 6.45) is -5.28. The number of nitrogens with one attached hydrogen (secondary N) is 7. The maximum absolute atomic E-state index is 13.9. The molecule has 8 atom stereocenters. The molecule has 25 heteroatoms. The predicted octanol–water partition coefficient (Wildman–Crippen LogP) is -4.67. The maximum atomic E-state index is 13.9. The lowest BCUT2D eigenvalue weighted by Gasteiger charge is -2.28. The number of aliphatic hydroxyl groups excluding tert-OH is 1. The fourth-order valence-electron chi connectivity index (χ4n) is 5.30. The third kappa shape index (κ3) is 15.4. The van der Waals surface area contributed by atoms with Gasteiger partial charge in [-0.2, -0.15) is 0 Å². The number of aromatic amines is 1. The number of para-hydroxylation sites is 1. The van der Waals surface area contributed by atoms with Gasteiger partial charge in [0, 0.05) is 23.5 Å². The number of fused-ring (bicyclic) bond motifs is 1. The highest BCUT2D eigenvalue weighted by molar-refractivity contribution is 5.99. The highest BCUT2D eigenvalue weighted by atomic mass is 16.4. The Kier molecular flexibility index (Phi) is 17.9. The summed E-state index contributed by atoms with van der Waals surface area (Å²) < 4.78 is 0. The summed E-state index contributed by atoms with van der Waals surface area (Å²) in [6, 6.07) is -6.41. The summed E-state index contributed by atoms with van der Waals surface area (Å²) in [5, 5.41) is 69.7. The smallest absolute Gasteiger partial charge is 0.326 e. The molecule has 0 aliphatic rings. The second kappa shape index (κ2) is 22.0. The molecule has 59 heavy (non-hydrogen) atoms. The Morgan fingerprint density at radius 1 is 0.559 bits per heavy atom. The molecule has 15 N–H and O–H groups in total. The largest absolute Gasteiger partial charge is 0.481 e. The van der Waals surface area contributed by atoms with E-state index in [4.69, 9.17) is 10.8 Å². The maximum Gasteiger partial charge on any atom is 0.326 e. The number of carboxylic acids is 5. The van der Waals surface area contributed by atoms with Crippen LogP contribution in [0.3, 0.4) is 0 Å². The van der Waals surface area contributed by atoms with Crippen molar-refractivity contribution in [2.45, 2.75) is 94.3 Å². The van der Waals surface area contributed by atoms with Crippen LogP contribution in [-0.2, 0) is 59.2 Å². The minimum atomic E-state index is -2.14. The summed E-state index contributed by atoms with van der Waals surface area (Å²) in [5.74, 6) is -16.2. The van der Waals surface area contributed by atoms with E-state index in [1.165, 1.54) is 13.1 Å². The Labute approximate surface area is 332 Å². The first kappa shape index (κ1) is 48.0. The summed E-state index contributed by atoms with van der Waals surface area (Å²) >= 11 is 0. The number of carbonyl (C=O) groups is 11. The molecule has 25 nitrogen and oxygen atoms in total. The molecule has 0 spiro atoms. The molecule has 0 saturated heterocycles. The van der Waals surface area contributed by atoms with E-state index < -0.39 is 146 Å². The van der Waals surface area contributed by atoms with Gasteiger partial charge in [-0.15, -0.1) is 0 Å². The van der Waals surface area contributed by atoms with Crippen molar-refractivity contribution in [1.29, 1.82) is 0 Å². The molecule has 0 saturated carbocycles. The van der Waals surface area contributed by atoms with Gasteiger partial charge in [0.15, 0.2) is 0 Å². The molecule has 1 aromatic heterocycles. The molecular formula is C34H44N8O17. The van der Waals surface area contributed by atoms with Crippen molar-refractivity contribution >= 4 is 76.2 Å². The SMILES string of the molecule is C[C@H](N)C(=O)N[C@@H](CC(=O)O)C(=O)N[C@H](C(=O)N[C@@H](Cc1c[nH]c2ccccc12)C(=O)N[C@@H](CC(=O)O)C(=O)N[C@@H](CC(=O)O)C(=O)N[C@@H](CC(=O)O)C(=O)O)[C@@H](C)O. The van der Waals surface area contributed by atoms with E-state index in [2.05, 4.69) is 26.3 Å². The van der Waals surface area contributed by atoms with Crippen molar-refractivity contribution in [2.75, 3.05) is 0 Å². The van der Waals surface area contributed by atoms with Crippen LogP contribution >= 0.6 is 0 Å². The average Bonchev–Trinajstić information content (AvgIpc) is 3.53. The van der Waals surface area contributed by atoms with E-state index in [1.807, 2.05) is 5.32 Å². The highest BCUT2D eigenvalue weighted by Gasteiger charge is 2.37. The van der Waals surface area contributed by atoms with Crippen molar-refractivity contribution in [2.24, 2.45) is 5.73 Å². The zero-order valence-corrected chi connectivity index (χ0v) is 31.3. The molecule has 2 aromatic rings. The van der Waals surface area contributed by atoms with Crippen molar-refractivity contribution in [1.82, 2.24) is 36.9 Å². The van der Waals surface area contributed by atoms with Crippen LogP contribution in [0.4, 0.5) is 0 Å². The Bertz CT molecular complexity index is 1950. The van der Waals surface area contributed by atoms with E-state index in [0.29, 0.717) is 16.5 Å². The summed E-state index contributed by atoms with van der Waals surface area (Å²) in [5.41, 5.74) is 6.43. The lowest BCUT2D eigenvalue weighted by atomic mass is 10.0. The van der Waals surface area contributed by atoms with Crippen LogP contribution in [0.15, 0.2) is 30.5 Å². The van der Waals surface area contributed by atoms with Crippen molar-refractivity contribution in [3.8, 4) is 0 Å². The van der Waals surface area contributed by atoms with Gasteiger partial charge in [0.25, 0.3) is 0 Å². The summed E-state index contributed by atoms with van der Waals surface area (Å²) in [6.45, 7) is 2.29. The number of aliphatic hydroxyl groups is 1. The number of aromatic nitrogens is 1. The average molecular weight is 837 g/mol. The Balaban J connectivity index is 2.48. The number of H-pyrrole nitrogens is 1. The Morgan fingerprint density at radius 2 is 0.949 bits per heavy atom. The third-order valence-corrected chi connectivity index (χ3v) is 8.24. The van der Waals surface area contributed by atoms with Gasteiger partial charge in [-0.3, -0.25) is 47.9 Å². The normalized spacial score (nSPS) is 15.0. The molecule has 0 radical (unpaired) electrons. The topological polar surface area (TPSA) is 423 Å². The van der Waals surface area contributed by atoms with Crippen LogP contribution in [0, 0.1) is 0 Å². The number of rotatable bonds is 24. The quantitative estimate of drug-likeness (QED) is 0.0472. The van der Waals surface area contributed by atoms with E-state index in [9.17, 15) is 78.3 Å². The molecule has 1 heterocycles. The fraction of sp³-hybridized carbons (Fsp3) is 0.441. The van der Waals surface area contributed by atoms with Gasteiger partial charge < -0.3 is 73.3 Å². The van der Waals surface area contributed by atoms with Gasteiger partial charge in [-0.1, -0.05) is 18.2 Å². The second-order valence-electron chi connectivity index (χ2n) is 13.1. The number of nitrogens with two attached hydrogens (primary N) is 1. The van der Waals surface area contributed by atoms with E-state index in [1.54, 1.807) is 29.6 Å². The van der Waals surface area contributed by atoms with Gasteiger partial charge in [0.2, 0.25) is 35.4 Å². The number of hydrogen-bond acceptors (Lipinski definition) is 13. The molecule has 0 aliphatic carbocycles. The zero-order chi connectivity index (χ0) is 44.7. The van der Waals surface area contributed by atoms with Crippen molar-refractivity contribution in [3.05, 3.63) is 36.0 Å². The minimum absolute atomic E-state index is 0.366. The third-order valence-electron chi connectivity index (χ3n) is 8.24. The van der Waals surface area contributed by atoms with Gasteiger partial charge >= 0.3 is 29.8 Å². The van der Waals surface area contributed by atoms with Crippen LogP contribution < -0.4 is 37.6 Å². The van der Waals surface area contributed by atoms with Crippen LogP contribution in [0.5, 0.6) is 0 Å². The zero-order valence-electron chi connectivity index (χ0n) is 31.3. The molecule has 0 unspecified atom stereocenters. The highest BCUT2D eigenvalue weighted by Crippen LogP contribution is 2.19. The van der Waals surface area contributed by atoms with Crippen LogP contribution in [-0.4, -0.2) is 149 Å². The number of carbonyl (C=O) groups excluding carboxylic acids is 6. The van der Waals surface area contributed by atoms with E-state index in [0.717, 1.165) is 6.92 Å². The number of aliphatic carboxylic acids is 5. The lowest BCUT2D eigenvalue weighted by molar-refractivity contribution is -0.148. The molecule has 0 bridgehead atoms. The minimum Gasteiger partial charge on any atom is -0.481 e. The standard InChI is InChI=1S/C34H44N8O17/c1-13(35)28(52)37-21(10-25(48)49)32(56)42-27(14(2)43)33(57)40-18(7-15-12-36-17-6-4-3-5-16(15)17)29(53)38-19(8-23(44)45)30(54)39-20(9-24(46)47)31(55)41-22(34(58)59)11-26(50)51/h3-6,12-14,18-22,27,36,43H,7-11,35H2,1-2H3,(H,37,52)(H,38,53)(H,39,54)(H,40,57)(H,41,55)(H,42,56)(H,44,45)(H,46,47)(H,48,49)(H,50,51)(H,58,59)/t13-,14+,18-,19-,20-,21-,22-,27-/m0/s1. The summed E-state index contributed by atoms with van der Waals surface area (Å²) in [7, 11) is 0. The van der Waals surface area contributed by atoms with Gasteiger partial charge in [0.05, 0.1) is 37.8 Å². The fourth-order valence-corrected chi connectivity index (χ4v) is 5.30. The number of hydrogen-bond donors (Lipinski definition) is 14. The van der Waals surface area contributed by atoms with Crippen molar-refractivity contribution < 1.29 is 83.4 Å². The van der Waals surface area contributed by atoms with Gasteiger partial charge in [-0.25, -0.2) is 4.79 Å². The van der Waals surface area contributed by atoms with Crippen LogP contribution in [0.2, 0.25) is 0 Å². The Morgan fingerprint density at radius 3 is 1.39 bits per heavy atom. The molecular weight excluding hydrogens is 792 g/mol. The molecule has 0 fully saturated rings. The predicted molar refractivity (Wildman–Crippen MR) is 196 cm³/mol. The first-order valence-corrected chi connectivity index (χ1v) is 17.4. The lowest BCUT2D eigenvalue weighted by Crippen LogP contribution is -2.62. The Hall–Kier alpha value is -7.15. The molecule has 1 aromatic carbocycles. The van der Waals surface area contributed by atoms with E-state index in [-0.39, 0.29) is 0 Å². The van der Waals surface area contributed by atoms with Gasteiger partial charge in [-0.05, 0) is 25.5 Å². The molecule has 0 aliphatic heterocycles. The molecule has 322 valence electrons. The van der Waals surface area contributed by atoms with E-state index >= 15 is 0 Å². The second-order valence-corrected chi connectivity index (χ2v) is 13.1. The number of benzene rings is 1. The van der Waals surface area contributed by atoms with Crippen molar-refractivity contribution in [3.63, 3.8) is 0 Å².